The molecule has 1 aliphatic rings. The van der Waals surface area contributed by atoms with E-state index in [0.29, 0.717) is 0 Å². The van der Waals surface area contributed by atoms with Crippen molar-refractivity contribution >= 4 is 22.6 Å². The molecule has 0 atom stereocenters. The molecule has 0 saturated carbocycles. The molecule has 1 aliphatic heterocycles. The Balaban J connectivity index is 1.43. The van der Waals surface area contributed by atoms with Gasteiger partial charge in [0.15, 0.2) is 0 Å². The first-order valence-electron chi connectivity index (χ1n) is 13.1. The van der Waals surface area contributed by atoms with Gasteiger partial charge in [-0.05, 0) is 53.9 Å². The summed E-state index contributed by atoms with van der Waals surface area (Å²) in [6.07, 6.45) is 8.56. The van der Waals surface area contributed by atoms with Gasteiger partial charge in [0, 0.05) is 74.7 Å². The van der Waals surface area contributed by atoms with Crippen LogP contribution in [0.2, 0.25) is 5.02 Å². The standard InChI is InChI=1S/C30H32ClN7/c1-35-9-8-22-4-3-5-25(12-22)29-14-26-16-32-21-33-30(26)38(29)11-10-37(19-24-15-34-36(2)18-24)20-27-13-23(17-35)6-7-28(27)31/h3-7,12-16,18,21H,8-11,17,19-20H2,1-2H3. The van der Waals surface area contributed by atoms with Crippen molar-refractivity contribution in [2.75, 3.05) is 20.1 Å². The van der Waals surface area contributed by atoms with Crippen molar-refractivity contribution in [3.63, 3.8) is 0 Å². The van der Waals surface area contributed by atoms with Gasteiger partial charge in [0.1, 0.15) is 12.0 Å². The number of halogens is 1. The lowest BCUT2D eigenvalue weighted by atomic mass is 10.0. The highest BCUT2D eigenvalue weighted by atomic mass is 35.5. The quantitative estimate of drug-likeness (QED) is 0.318. The molecule has 6 rings (SSSR count). The van der Waals surface area contributed by atoms with Gasteiger partial charge in [-0.2, -0.15) is 5.10 Å². The van der Waals surface area contributed by atoms with Crippen molar-refractivity contribution in [1.82, 2.24) is 34.1 Å². The fourth-order valence-corrected chi connectivity index (χ4v) is 5.60. The molecular formula is C30H32ClN7. The topological polar surface area (TPSA) is 55.0 Å². The zero-order valence-electron chi connectivity index (χ0n) is 21.9. The van der Waals surface area contributed by atoms with Crippen LogP contribution in [0.15, 0.2) is 73.4 Å². The third kappa shape index (κ3) is 5.36. The van der Waals surface area contributed by atoms with Gasteiger partial charge < -0.3 is 9.47 Å². The van der Waals surface area contributed by atoms with E-state index in [9.17, 15) is 0 Å². The van der Waals surface area contributed by atoms with Gasteiger partial charge in [0.05, 0.1) is 11.9 Å². The highest BCUT2D eigenvalue weighted by Crippen LogP contribution is 2.29. The van der Waals surface area contributed by atoms with E-state index in [1.165, 1.54) is 27.9 Å². The van der Waals surface area contributed by atoms with E-state index in [-0.39, 0.29) is 0 Å². The van der Waals surface area contributed by atoms with E-state index in [0.717, 1.165) is 67.3 Å². The largest absolute Gasteiger partial charge is 0.324 e. The summed E-state index contributed by atoms with van der Waals surface area (Å²) in [5.74, 6) is 0. The minimum Gasteiger partial charge on any atom is -0.324 e. The molecule has 8 heteroatoms. The number of aromatic nitrogens is 5. The predicted octanol–water partition coefficient (Wildman–Crippen LogP) is 5.18. The van der Waals surface area contributed by atoms with Gasteiger partial charge >= 0.3 is 0 Å². The van der Waals surface area contributed by atoms with Crippen LogP contribution in [0, 0.1) is 0 Å². The molecule has 4 heterocycles. The van der Waals surface area contributed by atoms with Crippen LogP contribution in [-0.4, -0.2) is 54.3 Å². The van der Waals surface area contributed by atoms with Crippen LogP contribution in [0.4, 0.5) is 0 Å². The first kappa shape index (κ1) is 24.8. The van der Waals surface area contributed by atoms with Crippen LogP contribution < -0.4 is 0 Å². The summed E-state index contributed by atoms with van der Waals surface area (Å²) in [4.78, 5) is 13.8. The van der Waals surface area contributed by atoms with Gasteiger partial charge in [-0.15, -0.1) is 0 Å². The third-order valence-electron chi connectivity index (χ3n) is 7.32. The average molecular weight is 526 g/mol. The Kier molecular flexibility index (Phi) is 6.98. The molecule has 0 amide bonds. The van der Waals surface area contributed by atoms with E-state index < -0.39 is 0 Å². The van der Waals surface area contributed by atoms with Crippen LogP contribution in [0.25, 0.3) is 22.3 Å². The van der Waals surface area contributed by atoms with Crippen molar-refractivity contribution in [2.45, 2.75) is 32.6 Å². The molecule has 0 aliphatic carbocycles. The monoisotopic (exact) mass is 525 g/mol. The molecule has 0 N–H and O–H groups in total. The second-order valence-electron chi connectivity index (χ2n) is 10.3. The Morgan fingerprint density at radius 2 is 1.84 bits per heavy atom. The normalized spacial score (nSPS) is 15.6. The van der Waals surface area contributed by atoms with Crippen LogP contribution in [0.5, 0.6) is 0 Å². The first-order chi connectivity index (χ1) is 18.5. The maximum Gasteiger partial charge on any atom is 0.143 e. The lowest BCUT2D eigenvalue weighted by Crippen LogP contribution is -2.27. The van der Waals surface area contributed by atoms with Crippen molar-refractivity contribution in [3.05, 3.63) is 101 Å². The number of aryl methyl sites for hydroxylation is 1. The van der Waals surface area contributed by atoms with Gasteiger partial charge in [-0.3, -0.25) is 9.58 Å². The predicted molar refractivity (Wildman–Crippen MR) is 152 cm³/mol. The number of benzene rings is 2. The Labute approximate surface area is 228 Å². The van der Waals surface area contributed by atoms with Gasteiger partial charge in [-0.1, -0.05) is 41.9 Å². The van der Waals surface area contributed by atoms with Gasteiger partial charge in [-0.25, -0.2) is 9.97 Å². The highest BCUT2D eigenvalue weighted by molar-refractivity contribution is 6.31. The van der Waals surface area contributed by atoms with Crippen LogP contribution in [0.3, 0.4) is 0 Å². The molecule has 4 bridgehead atoms. The molecule has 0 fully saturated rings. The zero-order chi connectivity index (χ0) is 26.1. The molecule has 3 aromatic heterocycles. The van der Waals surface area contributed by atoms with E-state index >= 15 is 0 Å². The van der Waals surface area contributed by atoms with Crippen LogP contribution in [-0.2, 0) is 39.6 Å². The fraction of sp³-hybridized carbons (Fsp3) is 0.300. The molecule has 5 aromatic rings. The molecule has 38 heavy (non-hydrogen) atoms. The molecule has 7 nitrogen and oxygen atoms in total. The second-order valence-corrected chi connectivity index (χ2v) is 10.7. The maximum atomic E-state index is 6.74. The van der Waals surface area contributed by atoms with Crippen molar-refractivity contribution in [2.24, 2.45) is 7.05 Å². The van der Waals surface area contributed by atoms with E-state index in [1.807, 2.05) is 30.2 Å². The first-order valence-corrected chi connectivity index (χ1v) is 13.4. The molecule has 0 saturated heterocycles. The minimum absolute atomic E-state index is 0.754. The summed E-state index contributed by atoms with van der Waals surface area (Å²) in [7, 11) is 4.15. The summed E-state index contributed by atoms with van der Waals surface area (Å²) in [5, 5.41) is 6.26. The number of rotatable bonds is 2. The smallest absolute Gasteiger partial charge is 0.143 e. The molecule has 194 valence electrons. The lowest BCUT2D eigenvalue weighted by Gasteiger charge is -2.25. The number of nitrogens with zero attached hydrogens (tertiary/aromatic N) is 7. The van der Waals surface area contributed by atoms with Gasteiger partial charge in [0.2, 0.25) is 0 Å². The Morgan fingerprint density at radius 3 is 2.71 bits per heavy atom. The minimum atomic E-state index is 0.754. The SMILES string of the molecule is CN1CCc2cccc(c2)-c2cc3cncnc3n2CCN(Cc2cnn(C)c2)Cc2cc(ccc2Cl)C1. The second kappa shape index (κ2) is 10.7. The lowest BCUT2D eigenvalue weighted by molar-refractivity contribution is 0.247. The van der Waals surface area contributed by atoms with E-state index in [2.05, 4.69) is 85.1 Å². The van der Waals surface area contributed by atoms with Crippen molar-refractivity contribution < 1.29 is 0 Å². The molecule has 0 unspecified atom stereocenters. The summed E-state index contributed by atoms with van der Waals surface area (Å²) in [6.45, 7) is 5.02. The summed E-state index contributed by atoms with van der Waals surface area (Å²) >= 11 is 6.74. The molecule has 2 aromatic carbocycles. The van der Waals surface area contributed by atoms with Crippen molar-refractivity contribution in [1.29, 1.82) is 0 Å². The number of likely N-dealkylation sites (N-methyl/N-ethyl adjacent to an activating group) is 1. The Morgan fingerprint density at radius 1 is 0.921 bits per heavy atom. The van der Waals surface area contributed by atoms with Crippen LogP contribution >= 0.6 is 11.6 Å². The Bertz CT molecular complexity index is 1570. The van der Waals surface area contributed by atoms with Crippen molar-refractivity contribution in [3.8, 4) is 11.3 Å². The summed E-state index contributed by atoms with van der Waals surface area (Å²) in [6, 6.07) is 17.6. The van der Waals surface area contributed by atoms with Crippen LogP contribution in [0.1, 0.15) is 22.3 Å². The third-order valence-corrected chi connectivity index (χ3v) is 7.69. The highest BCUT2D eigenvalue weighted by Gasteiger charge is 2.17. The molecule has 0 radical (unpaired) electrons. The Hall–Kier alpha value is -3.52. The average Bonchev–Trinajstić information content (AvgIpc) is 3.50. The number of hydrogen-bond acceptors (Lipinski definition) is 5. The number of fused-ring (bicyclic) bond motifs is 8. The molecule has 0 spiro atoms. The summed E-state index contributed by atoms with van der Waals surface area (Å²) < 4.78 is 4.19. The maximum absolute atomic E-state index is 6.74. The van der Waals surface area contributed by atoms with E-state index in [1.54, 1.807) is 6.33 Å². The summed E-state index contributed by atoms with van der Waals surface area (Å²) in [5.41, 5.74) is 8.29. The number of hydrogen-bond donors (Lipinski definition) is 0. The fourth-order valence-electron chi connectivity index (χ4n) is 5.42. The van der Waals surface area contributed by atoms with E-state index in [4.69, 9.17) is 11.6 Å². The molecular weight excluding hydrogens is 494 g/mol. The zero-order valence-corrected chi connectivity index (χ0v) is 22.6. The van der Waals surface area contributed by atoms with Gasteiger partial charge in [0.25, 0.3) is 0 Å².